The van der Waals surface area contributed by atoms with Crippen molar-refractivity contribution in [2.45, 2.75) is 39.5 Å². The van der Waals surface area contributed by atoms with Crippen LogP contribution in [0.4, 0.5) is 0 Å². The van der Waals surface area contributed by atoms with Crippen LogP contribution in [-0.2, 0) is 22.6 Å². The predicted molar refractivity (Wildman–Crippen MR) is 122 cm³/mol. The minimum Gasteiger partial charge on any atom is -0.380 e. The van der Waals surface area contributed by atoms with E-state index in [0.717, 1.165) is 45.4 Å². The summed E-state index contributed by atoms with van der Waals surface area (Å²) in [4.78, 5) is 7.24. The molecule has 0 aliphatic carbocycles. The third-order valence-corrected chi connectivity index (χ3v) is 4.73. The van der Waals surface area contributed by atoms with E-state index < -0.39 is 0 Å². The lowest BCUT2D eigenvalue weighted by Crippen LogP contribution is -2.56. The summed E-state index contributed by atoms with van der Waals surface area (Å²) in [5, 5.41) is 6.85. The fraction of sp³-hybridized carbons (Fsp3) is 0.650. The monoisotopic (exact) mass is 490 g/mol. The van der Waals surface area contributed by atoms with E-state index in [1.807, 2.05) is 12.1 Å². The lowest BCUT2D eigenvalue weighted by atomic mass is 10.0. The Morgan fingerprint density at radius 2 is 1.85 bits per heavy atom. The van der Waals surface area contributed by atoms with Gasteiger partial charge in [0.05, 0.1) is 26.4 Å². The fourth-order valence-electron chi connectivity index (χ4n) is 3.09. The summed E-state index contributed by atoms with van der Waals surface area (Å²) in [7, 11) is 1.72. The molecule has 1 fully saturated rings. The molecule has 1 aliphatic rings. The molecule has 0 spiro atoms. The number of hydrogen-bond donors (Lipinski definition) is 2. The zero-order valence-corrected chi connectivity index (χ0v) is 19.4. The smallest absolute Gasteiger partial charge is 0.191 e. The highest BCUT2D eigenvalue weighted by molar-refractivity contribution is 14.0. The standard InChI is InChI=1S/C20H34N4O2.HI/c1-5-21-19(22-14-17-8-6-7-9-18(17)15-25-4)23-16-20(2,3)24-10-12-26-13-11-24;/h6-9H,5,10-16H2,1-4H3,(H2,21,22,23);1H. The number of nitrogens with one attached hydrogen (secondary N) is 2. The van der Waals surface area contributed by atoms with E-state index in [2.05, 4.69) is 48.4 Å². The maximum Gasteiger partial charge on any atom is 0.191 e. The first-order chi connectivity index (χ1) is 12.6. The highest BCUT2D eigenvalue weighted by Crippen LogP contribution is 2.15. The number of guanidine groups is 1. The van der Waals surface area contributed by atoms with Gasteiger partial charge in [-0.15, -0.1) is 24.0 Å². The van der Waals surface area contributed by atoms with Gasteiger partial charge in [0.2, 0.25) is 0 Å². The van der Waals surface area contributed by atoms with Gasteiger partial charge in [-0.25, -0.2) is 4.99 Å². The maximum atomic E-state index is 5.47. The molecule has 1 aromatic carbocycles. The third-order valence-electron chi connectivity index (χ3n) is 4.73. The number of nitrogens with zero attached hydrogens (tertiary/aromatic N) is 2. The molecule has 154 valence electrons. The van der Waals surface area contributed by atoms with Gasteiger partial charge in [-0.3, -0.25) is 4.90 Å². The van der Waals surface area contributed by atoms with E-state index in [0.29, 0.717) is 13.2 Å². The van der Waals surface area contributed by atoms with Crippen molar-refractivity contribution < 1.29 is 9.47 Å². The molecule has 2 rings (SSSR count). The van der Waals surface area contributed by atoms with Crippen molar-refractivity contribution in [1.82, 2.24) is 15.5 Å². The molecule has 27 heavy (non-hydrogen) atoms. The Morgan fingerprint density at radius 1 is 1.19 bits per heavy atom. The number of hydrogen-bond acceptors (Lipinski definition) is 4. The molecule has 0 amide bonds. The summed E-state index contributed by atoms with van der Waals surface area (Å²) < 4.78 is 10.8. The number of halogens is 1. The van der Waals surface area contributed by atoms with Gasteiger partial charge in [0.1, 0.15) is 0 Å². The van der Waals surface area contributed by atoms with E-state index in [1.165, 1.54) is 11.1 Å². The molecule has 1 aromatic rings. The third kappa shape index (κ3) is 7.93. The zero-order chi connectivity index (χ0) is 18.8. The minimum absolute atomic E-state index is 0. The summed E-state index contributed by atoms with van der Waals surface area (Å²) in [6.07, 6.45) is 0. The second-order valence-corrected chi connectivity index (χ2v) is 7.16. The Hall–Kier alpha value is -0.900. The van der Waals surface area contributed by atoms with Crippen molar-refractivity contribution in [1.29, 1.82) is 0 Å². The summed E-state index contributed by atoms with van der Waals surface area (Å²) >= 11 is 0. The van der Waals surface area contributed by atoms with Crippen LogP contribution in [0.25, 0.3) is 0 Å². The summed E-state index contributed by atoms with van der Waals surface area (Å²) in [5.74, 6) is 0.848. The molecule has 0 radical (unpaired) electrons. The van der Waals surface area contributed by atoms with E-state index >= 15 is 0 Å². The van der Waals surface area contributed by atoms with Gasteiger partial charge >= 0.3 is 0 Å². The number of rotatable bonds is 8. The maximum absolute atomic E-state index is 5.47. The average molecular weight is 490 g/mol. The first-order valence-electron chi connectivity index (χ1n) is 9.47. The van der Waals surface area contributed by atoms with Crippen LogP contribution in [0.15, 0.2) is 29.3 Å². The van der Waals surface area contributed by atoms with Crippen molar-refractivity contribution in [3.8, 4) is 0 Å². The van der Waals surface area contributed by atoms with Crippen LogP contribution >= 0.6 is 24.0 Å². The number of benzene rings is 1. The summed E-state index contributed by atoms with van der Waals surface area (Å²) in [6.45, 7) is 13.1. The van der Waals surface area contributed by atoms with Gasteiger partial charge in [-0.2, -0.15) is 0 Å². The summed E-state index contributed by atoms with van der Waals surface area (Å²) in [6, 6.07) is 8.29. The van der Waals surface area contributed by atoms with Crippen LogP contribution < -0.4 is 10.6 Å². The minimum atomic E-state index is 0. The quantitative estimate of drug-likeness (QED) is 0.334. The van der Waals surface area contributed by atoms with Crippen LogP contribution in [0.5, 0.6) is 0 Å². The molecule has 6 nitrogen and oxygen atoms in total. The molecule has 1 heterocycles. The van der Waals surface area contributed by atoms with Crippen LogP contribution in [0, 0.1) is 0 Å². The largest absolute Gasteiger partial charge is 0.380 e. The van der Waals surface area contributed by atoms with E-state index in [9.17, 15) is 0 Å². The molecule has 0 bridgehead atoms. The predicted octanol–water partition coefficient (Wildman–Crippen LogP) is 2.62. The number of aliphatic imine (C=N–C) groups is 1. The van der Waals surface area contributed by atoms with E-state index in [4.69, 9.17) is 14.5 Å². The van der Waals surface area contributed by atoms with Crippen LogP contribution in [0.3, 0.4) is 0 Å². The van der Waals surface area contributed by atoms with Crippen LogP contribution in [0.1, 0.15) is 31.9 Å². The first kappa shape index (κ1) is 24.1. The van der Waals surface area contributed by atoms with Crippen molar-refractivity contribution >= 4 is 29.9 Å². The molecule has 1 aliphatic heterocycles. The molecule has 0 atom stereocenters. The number of ether oxygens (including phenoxy) is 2. The highest BCUT2D eigenvalue weighted by Gasteiger charge is 2.28. The topological polar surface area (TPSA) is 58.1 Å². The van der Waals surface area contributed by atoms with Crippen molar-refractivity contribution in [2.24, 2.45) is 4.99 Å². The van der Waals surface area contributed by atoms with E-state index in [-0.39, 0.29) is 29.5 Å². The Morgan fingerprint density at radius 3 is 2.48 bits per heavy atom. The molecule has 1 saturated heterocycles. The van der Waals surface area contributed by atoms with E-state index in [1.54, 1.807) is 7.11 Å². The molecule has 0 unspecified atom stereocenters. The van der Waals surface area contributed by atoms with Crippen LogP contribution in [0.2, 0.25) is 0 Å². The highest BCUT2D eigenvalue weighted by atomic mass is 127. The molecule has 0 aromatic heterocycles. The van der Waals surface area contributed by atoms with Gasteiger partial charge in [-0.1, -0.05) is 24.3 Å². The van der Waals surface area contributed by atoms with Gasteiger partial charge in [0.15, 0.2) is 5.96 Å². The van der Waals surface area contributed by atoms with Gasteiger partial charge in [0, 0.05) is 38.8 Å². The number of morpholine rings is 1. The molecular formula is C20H35IN4O2. The van der Waals surface area contributed by atoms with Gasteiger partial charge in [-0.05, 0) is 31.9 Å². The molecular weight excluding hydrogens is 455 g/mol. The molecule has 0 saturated carbocycles. The Balaban J connectivity index is 0.00000364. The van der Waals surface area contributed by atoms with Crippen molar-refractivity contribution in [3.63, 3.8) is 0 Å². The Kier molecular flexibility index (Phi) is 11.2. The zero-order valence-electron chi connectivity index (χ0n) is 17.1. The Bertz CT molecular complexity index is 575. The molecule has 7 heteroatoms. The Labute approximate surface area is 181 Å². The average Bonchev–Trinajstić information content (AvgIpc) is 2.66. The second kappa shape index (κ2) is 12.5. The second-order valence-electron chi connectivity index (χ2n) is 7.16. The lowest BCUT2D eigenvalue weighted by Gasteiger charge is -2.41. The lowest BCUT2D eigenvalue weighted by molar-refractivity contribution is -0.00834. The van der Waals surface area contributed by atoms with Crippen molar-refractivity contribution in [3.05, 3.63) is 35.4 Å². The van der Waals surface area contributed by atoms with Gasteiger partial charge < -0.3 is 20.1 Å². The normalized spacial score (nSPS) is 15.9. The van der Waals surface area contributed by atoms with Crippen molar-refractivity contribution in [2.75, 3.05) is 46.5 Å². The summed E-state index contributed by atoms with van der Waals surface area (Å²) in [5.41, 5.74) is 2.43. The molecule has 2 N–H and O–H groups in total. The first-order valence-corrected chi connectivity index (χ1v) is 9.47. The number of methoxy groups -OCH3 is 1. The van der Waals surface area contributed by atoms with Crippen LogP contribution in [-0.4, -0.2) is 62.9 Å². The fourth-order valence-corrected chi connectivity index (χ4v) is 3.09. The SMILES string of the molecule is CCNC(=NCc1ccccc1COC)NCC(C)(C)N1CCOCC1.I. The van der Waals surface area contributed by atoms with Gasteiger partial charge in [0.25, 0.3) is 0 Å².